The number of hydrogen-bond donors (Lipinski definition) is 2. The first-order chi connectivity index (χ1) is 19.5. The van der Waals surface area contributed by atoms with E-state index in [1.807, 2.05) is 63.4 Å². The first-order valence-electron chi connectivity index (χ1n) is 13.8. The van der Waals surface area contributed by atoms with E-state index in [0.29, 0.717) is 16.5 Å². The maximum atomic E-state index is 12.7. The van der Waals surface area contributed by atoms with Crippen LogP contribution in [-0.2, 0) is 4.79 Å². The first kappa shape index (κ1) is 28.4. The van der Waals surface area contributed by atoms with Crippen LogP contribution in [0.1, 0.15) is 61.1 Å². The number of aryl methyl sites for hydroxylation is 2. The Hall–Kier alpha value is -4.17. The zero-order valence-electron chi connectivity index (χ0n) is 24.6. The summed E-state index contributed by atoms with van der Waals surface area (Å²) in [7, 11) is 1.61. The van der Waals surface area contributed by atoms with Crippen molar-refractivity contribution in [2.45, 2.75) is 53.6 Å². The van der Waals surface area contributed by atoms with E-state index in [1.54, 1.807) is 7.11 Å². The van der Waals surface area contributed by atoms with Gasteiger partial charge in [0.15, 0.2) is 5.11 Å². The lowest BCUT2D eigenvalue weighted by Crippen LogP contribution is -2.30. The van der Waals surface area contributed by atoms with Crippen LogP contribution in [0.25, 0.3) is 5.69 Å². The van der Waals surface area contributed by atoms with Crippen LogP contribution in [0.2, 0.25) is 0 Å². The number of aromatic nitrogens is 2. The Morgan fingerprint density at radius 1 is 1.00 bits per heavy atom. The maximum absolute atomic E-state index is 12.7. The molecular formula is C33H37N5O2S. The van der Waals surface area contributed by atoms with E-state index in [-0.39, 0.29) is 18.0 Å². The smallest absolute Gasteiger partial charge is 0.229 e. The molecule has 1 aliphatic heterocycles. The number of hydrogen-bond acceptors (Lipinski definition) is 4. The van der Waals surface area contributed by atoms with E-state index < -0.39 is 5.41 Å². The average Bonchev–Trinajstić information content (AvgIpc) is 3.44. The number of benzene rings is 2. The molecule has 1 aliphatic rings. The molecule has 0 radical (unpaired) electrons. The lowest BCUT2D eigenvalue weighted by molar-refractivity contribution is -0.123. The van der Waals surface area contributed by atoms with Gasteiger partial charge in [-0.3, -0.25) is 9.78 Å². The van der Waals surface area contributed by atoms with Crippen LogP contribution in [-0.4, -0.2) is 27.7 Å². The molecule has 2 aromatic heterocycles. The van der Waals surface area contributed by atoms with Gasteiger partial charge in [-0.15, -0.1) is 0 Å². The summed E-state index contributed by atoms with van der Waals surface area (Å²) < 4.78 is 8.03. The second-order valence-electron chi connectivity index (χ2n) is 11.6. The lowest BCUT2D eigenvalue weighted by Gasteiger charge is -2.29. The van der Waals surface area contributed by atoms with Gasteiger partial charge in [-0.05, 0) is 81.0 Å². The van der Waals surface area contributed by atoms with E-state index >= 15 is 0 Å². The number of rotatable bonds is 6. The van der Waals surface area contributed by atoms with Crippen LogP contribution in [0.15, 0.2) is 72.9 Å². The van der Waals surface area contributed by atoms with Crippen molar-refractivity contribution in [3.63, 3.8) is 0 Å². The van der Waals surface area contributed by atoms with Crippen molar-refractivity contribution >= 4 is 34.6 Å². The molecule has 0 aliphatic carbocycles. The van der Waals surface area contributed by atoms with Gasteiger partial charge >= 0.3 is 0 Å². The van der Waals surface area contributed by atoms with Crippen LogP contribution < -0.4 is 20.3 Å². The van der Waals surface area contributed by atoms with Gasteiger partial charge in [-0.2, -0.15) is 0 Å². The van der Waals surface area contributed by atoms with Gasteiger partial charge in [0.2, 0.25) is 5.91 Å². The van der Waals surface area contributed by atoms with Crippen molar-refractivity contribution in [3.05, 3.63) is 101 Å². The number of amides is 1. The van der Waals surface area contributed by atoms with Crippen LogP contribution in [0.4, 0.5) is 11.4 Å². The Kier molecular flexibility index (Phi) is 7.62. The molecular weight excluding hydrogens is 530 g/mol. The summed E-state index contributed by atoms with van der Waals surface area (Å²) >= 11 is 5.97. The number of methoxy groups -OCH3 is 1. The molecule has 0 bridgehead atoms. The minimum atomic E-state index is -0.537. The molecule has 8 heteroatoms. The van der Waals surface area contributed by atoms with Gasteiger partial charge in [0.25, 0.3) is 0 Å². The van der Waals surface area contributed by atoms with Gasteiger partial charge < -0.3 is 24.8 Å². The van der Waals surface area contributed by atoms with Crippen LogP contribution >= 0.6 is 12.2 Å². The molecule has 2 atom stereocenters. The summed E-state index contributed by atoms with van der Waals surface area (Å²) in [5, 5.41) is 7.15. The topological polar surface area (TPSA) is 71.4 Å². The molecule has 1 amide bonds. The average molecular weight is 568 g/mol. The number of thiocarbonyl (C=S) groups is 1. The number of carbonyl (C=O) groups is 1. The highest BCUT2D eigenvalue weighted by Gasteiger charge is 2.42. The predicted molar refractivity (Wildman–Crippen MR) is 169 cm³/mol. The molecule has 3 heterocycles. The second-order valence-corrected chi connectivity index (χ2v) is 12.0. The maximum Gasteiger partial charge on any atom is 0.229 e. The van der Waals surface area contributed by atoms with Crippen molar-refractivity contribution in [3.8, 4) is 11.4 Å². The van der Waals surface area contributed by atoms with E-state index in [0.717, 1.165) is 34.0 Å². The molecule has 7 nitrogen and oxygen atoms in total. The fourth-order valence-electron chi connectivity index (χ4n) is 5.37. The Labute approximate surface area is 247 Å². The summed E-state index contributed by atoms with van der Waals surface area (Å²) in [4.78, 5) is 19.6. The molecule has 212 valence electrons. The number of ether oxygens (including phenoxy) is 1. The number of anilines is 2. The van der Waals surface area contributed by atoms with Crippen molar-refractivity contribution in [1.29, 1.82) is 0 Å². The monoisotopic (exact) mass is 567 g/mol. The normalized spacial score (nSPS) is 17.0. The minimum absolute atomic E-state index is 0.0847. The highest BCUT2D eigenvalue weighted by Crippen LogP contribution is 2.45. The lowest BCUT2D eigenvalue weighted by atomic mass is 9.95. The molecule has 5 rings (SSSR count). The Bertz CT molecular complexity index is 1590. The quantitative estimate of drug-likeness (QED) is 0.245. The minimum Gasteiger partial charge on any atom is -0.494 e. The zero-order chi connectivity index (χ0) is 29.5. The second kappa shape index (κ2) is 11.0. The van der Waals surface area contributed by atoms with E-state index in [9.17, 15) is 4.79 Å². The predicted octanol–water partition coefficient (Wildman–Crippen LogP) is 6.97. The number of nitrogens with one attached hydrogen (secondary N) is 2. The van der Waals surface area contributed by atoms with Crippen molar-refractivity contribution in [2.75, 3.05) is 17.3 Å². The Balaban J connectivity index is 1.62. The summed E-state index contributed by atoms with van der Waals surface area (Å²) in [6.07, 6.45) is 1.81. The van der Waals surface area contributed by atoms with Gasteiger partial charge in [-0.1, -0.05) is 44.5 Å². The summed E-state index contributed by atoms with van der Waals surface area (Å²) in [6, 6.07) is 22.2. The third-order valence-electron chi connectivity index (χ3n) is 7.57. The molecule has 4 aromatic rings. The van der Waals surface area contributed by atoms with Crippen molar-refractivity contribution < 1.29 is 9.53 Å². The zero-order valence-corrected chi connectivity index (χ0v) is 25.5. The van der Waals surface area contributed by atoms with E-state index in [4.69, 9.17) is 21.9 Å². The summed E-state index contributed by atoms with van der Waals surface area (Å²) in [6.45, 7) is 12.0. The number of carbonyl (C=O) groups excluding carboxylic acids is 1. The van der Waals surface area contributed by atoms with E-state index in [2.05, 4.69) is 71.2 Å². The third-order valence-corrected chi connectivity index (χ3v) is 7.89. The Morgan fingerprint density at radius 3 is 2.34 bits per heavy atom. The van der Waals surface area contributed by atoms with Crippen molar-refractivity contribution in [1.82, 2.24) is 14.9 Å². The fourth-order valence-corrected chi connectivity index (χ4v) is 5.72. The van der Waals surface area contributed by atoms with Gasteiger partial charge in [0.05, 0.1) is 30.6 Å². The highest BCUT2D eigenvalue weighted by atomic mass is 32.1. The molecule has 2 aromatic carbocycles. The Morgan fingerprint density at radius 2 is 1.71 bits per heavy atom. The molecule has 1 fully saturated rings. The largest absolute Gasteiger partial charge is 0.494 e. The summed E-state index contributed by atoms with van der Waals surface area (Å²) in [5.74, 6) is 0.478. The standard InChI is InChI=1S/C33H37N5O2S/c1-20-11-13-23(14-12-20)37-21(2)18-25(22(37)3)30-29(27-10-8-9-17-34-27)36-32(41)38(30)24-15-16-26(28(19-24)40-7)35-31(39)33(4,5)6/h8-19,29-30H,1-7H3,(H,35,39)(H,36,41)/t29-,30+/m0/s1. The molecule has 0 spiro atoms. The number of nitrogens with zero attached hydrogens (tertiary/aromatic N) is 3. The van der Waals surface area contributed by atoms with Crippen molar-refractivity contribution in [2.24, 2.45) is 5.41 Å². The van der Waals surface area contributed by atoms with Gasteiger partial charge in [-0.25, -0.2) is 0 Å². The van der Waals surface area contributed by atoms with Crippen LogP contribution in [0.3, 0.4) is 0 Å². The SMILES string of the molecule is COc1cc(N2C(=S)N[C@@H](c3ccccn3)[C@H]2c2cc(C)n(-c3ccc(C)cc3)c2C)ccc1NC(=O)C(C)(C)C. The van der Waals surface area contributed by atoms with E-state index in [1.165, 1.54) is 5.56 Å². The van der Waals surface area contributed by atoms with Crippen LogP contribution in [0, 0.1) is 26.2 Å². The molecule has 41 heavy (non-hydrogen) atoms. The molecule has 0 unspecified atom stereocenters. The number of pyridine rings is 1. The molecule has 2 N–H and O–H groups in total. The fraction of sp³-hybridized carbons (Fsp3) is 0.303. The highest BCUT2D eigenvalue weighted by molar-refractivity contribution is 7.80. The summed E-state index contributed by atoms with van der Waals surface area (Å²) in [5.41, 5.74) is 7.60. The third kappa shape index (κ3) is 5.44. The van der Waals surface area contributed by atoms with Gasteiger partial charge in [0, 0.05) is 40.4 Å². The molecule has 1 saturated heterocycles. The van der Waals surface area contributed by atoms with Gasteiger partial charge in [0.1, 0.15) is 5.75 Å². The van der Waals surface area contributed by atoms with Crippen LogP contribution in [0.5, 0.6) is 5.75 Å². The first-order valence-corrected chi connectivity index (χ1v) is 14.2. The molecule has 0 saturated carbocycles.